The van der Waals surface area contributed by atoms with Gasteiger partial charge in [0.2, 0.25) is 5.91 Å². The van der Waals surface area contributed by atoms with E-state index in [0.717, 1.165) is 28.0 Å². The van der Waals surface area contributed by atoms with E-state index in [-0.39, 0.29) is 18.4 Å². The highest BCUT2D eigenvalue weighted by molar-refractivity contribution is 7.17. The van der Waals surface area contributed by atoms with Crippen molar-refractivity contribution >= 4 is 33.4 Å². The van der Waals surface area contributed by atoms with Gasteiger partial charge < -0.3 is 19.9 Å². The van der Waals surface area contributed by atoms with Gasteiger partial charge in [-0.15, -0.1) is 11.3 Å². The molecule has 1 aromatic carbocycles. The second-order valence-electron chi connectivity index (χ2n) is 5.89. The fourth-order valence-corrected chi connectivity index (χ4v) is 3.57. The standard InChI is InChI=1S/C19H21N3O3S/c1-22-15-8-10-26-17(15)11-16(22)19(24)21-12-18(23)20-9-7-13-3-5-14(25-2)6-4-13/h3-6,8,10-11H,7,9,12H2,1-2H3,(H,20,23)(H,21,24). The molecule has 7 heteroatoms. The van der Waals surface area contributed by atoms with Crippen LogP contribution in [-0.2, 0) is 18.3 Å². The summed E-state index contributed by atoms with van der Waals surface area (Å²) in [5, 5.41) is 7.47. The number of carbonyl (C=O) groups is 2. The largest absolute Gasteiger partial charge is 0.497 e. The number of rotatable bonds is 7. The molecule has 0 bridgehead atoms. The topological polar surface area (TPSA) is 72.4 Å². The molecule has 2 amide bonds. The summed E-state index contributed by atoms with van der Waals surface area (Å²) in [6, 6.07) is 11.5. The molecule has 6 nitrogen and oxygen atoms in total. The van der Waals surface area contributed by atoms with Gasteiger partial charge >= 0.3 is 0 Å². The number of fused-ring (bicyclic) bond motifs is 1. The van der Waals surface area contributed by atoms with Gasteiger partial charge in [0.05, 0.1) is 23.9 Å². The zero-order valence-corrected chi connectivity index (χ0v) is 15.6. The molecule has 0 saturated heterocycles. The molecule has 26 heavy (non-hydrogen) atoms. The first kappa shape index (κ1) is 18.0. The molecule has 0 aliphatic heterocycles. The Bertz CT molecular complexity index is 912. The molecule has 0 atom stereocenters. The minimum absolute atomic E-state index is 0.0414. The summed E-state index contributed by atoms with van der Waals surface area (Å²) in [6.07, 6.45) is 0.720. The summed E-state index contributed by atoms with van der Waals surface area (Å²) in [5.41, 5.74) is 2.68. The van der Waals surface area contributed by atoms with Crippen molar-refractivity contribution in [2.45, 2.75) is 6.42 Å². The number of hydrogen-bond acceptors (Lipinski definition) is 4. The van der Waals surface area contributed by atoms with E-state index in [0.29, 0.717) is 12.2 Å². The van der Waals surface area contributed by atoms with Crippen LogP contribution in [0.2, 0.25) is 0 Å². The van der Waals surface area contributed by atoms with Crippen LogP contribution in [0.1, 0.15) is 16.1 Å². The van der Waals surface area contributed by atoms with Crippen molar-refractivity contribution in [1.29, 1.82) is 0 Å². The van der Waals surface area contributed by atoms with Gasteiger partial charge in [0.15, 0.2) is 0 Å². The Balaban J connectivity index is 1.43. The molecule has 3 rings (SSSR count). The maximum atomic E-state index is 12.3. The molecule has 0 aliphatic carbocycles. The van der Waals surface area contributed by atoms with Gasteiger partial charge in [-0.25, -0.2) is 0 Å². The summed E-state index contributed by atoms with van der Waals surface area (Å²) in [5.74, 6) is 0.352. The Morgan fingerprint density at radius 1 is 1.15 bits per heavy atom. The molecule has 3 aromatic rings. The number of carbonyl (C=O) groups excluding carboxylic acids is 2. The first-order chi connectivity index (χ1) is 12.6. The number of aromatic nitrogens is 1. The van der Waals surface area contributed by atoms with E-state index in [9.17, 15) is 9.59 Å². The summed E-state index contributed by atoms with van der Waals surface area (Å²) in [6.45, 7) is 0.473. The summed E-state index contributed by atoms with van der Waals surface area (Å²) in [7, 11) is 3.47. The van der Waals surface area contributed by atoms with Crippen LogP contribution >= 0.6 is 11.3 Å². The predicted molar refractivity (Wildman–Crippen MR) is 103 cm³/mol. The third kappa shape index (κ3) is 4.05. The van der Waals surface area contributed by atoms with E-state index < -0.39 is 0 Å². The van der Waals surface area contributed by atoms with Crippen molar-refractivity contribution in [1.82, 2.24) is 15.2 Å². The van der Waals surface area contributed by atoms with E-state index in [2.05, 4.69) is 10.6 Å². The average Bonchev–Trinajstić information content (AvgIpc) is 3.23. The maximum absolute atomic E-state index is 12.3. The molecule has 0 fully saturated rings. The van der Waals surface area contributed by atoms with Gasteiger partial charge in [0, 0.05) is 13.6 Å². The maximum Gasteiger partial charge on any atom is 0.268 e. The Morgan fingerprint density at radius 2 is 1.92 bits per heavy atom. The molecule has 0 radical (unpaired) electrons. The number of aryl methyl sites for hydroxylation is 1. The Labute approximate surface area is 155 Å². The van der Waals surface area contributed by atoms with Gasteiger partial charge in [-0.3, -0.25) is 9.59 Å². The number of methoxy groups -OCH3 is 1. The third-order valence-corrected chi connectivity index (χ3v) is 5.05. The molecule has 0 unspecified atom stereocenters. The summed E-state index contributed by atoms with van der Waals surface area (Å²) < 4.78 is 8.01. The molecule has 2 aromatic heterocycles. The first-order valence-electron chi connectivity index (χ1n) is 8.29. The van der Waals surface area contributed by atoms with Crippen LogP contribution in [0.15, 0.2) is 41.8 Å². The zero-order valence-electron chi connectivity index (χ0n) is 14.7. The lowest BCUT2D eigenvalue weighted by Crippen LogP contribution is -2.38. The van der Waals surface area contributed by atoms with Gasteiger partial charge in [-0.2, -0.15) is 0 Å². The molecule has 2 heterocycles. The minimum Gasteiger partial charge on any atom is -0.497 e. The normalized spacial score (nSPS) is 10.7. The number of hydrogen-bond donors (Lipinski definition) is 2. The van der Waals surface area contributed by atoms with Crippen LogP contribution in [-0.4, -0.2) is 36.6 Å². The highest BCUT2D eigenvalue weighted by Crippen LogP contribution is 2.23. The van der Waals surface area contributed by atoms with Crippen molar-refractivity contribution in [3.8, 4) is 5.75 Å². The molecule has 0 spiro atoms. The van der Waals surface area contributed by atoms with E-state index in [1.54, 1.807) is 18.4 Å². The lowest BCUT2D eigenvalue weighted by molar-refractivity contribution is -0.120. The second kappa shape index (κ2) is 8.05. The van der Waals surface area contributed by atoms with Crippen molar-refractivity contribution in [2.75, 3.05) is 20.2 Å². The van der Waals surface area contributed by atoms with Crippen LogP contribution in [0.25, 0.3) is 10.2 Å². The zero-order chi connectivity index (χ0) is 18.5. The van der Waals surface area contributed by atoms with Crippen LogP contribution in [0.3, 0.4) is 0 Å². The number of amides is 2. The number of nitrogens with one attached hydrogen (secondary N) is 2. The minimum atomic E-state index is -0.249. The molecule has 2 N–H and O–H groups in total. The van der Waals surface area contributed by atoms with Gasteiger partial charge in [0.25, 0.3) is 5.91 Å². The average molecular weight is 371 g/mol. The fourth-order valence-electron chi connectivity index (χ4n) is 2.72. The molecule has 0 aliphatic rings. The van der Waals surface area contributed by atoms with Crippen LogP contribution in [0.4, 0.5) is 0 Å². The van der Waals surface area contributed by atoms with E-state index >= 15 is 0 Å². The molecule has 0 saturated carbocycles. The Hall–Kier alpha value is -2.80. The van der Waals surface area contributed by atoms with Crippen molar-refractivity contribution in [3.05, 3.63) is 53.0 Å². The SMILES string of the molecule is COc1ccc(CCNC(=O)CNC(=O)c2cc3sccc3n2C)cc1. The van der Waals surface area contributed by atoms with Gasteiger partial charge in [-0.1, -0.05) is 12.1 Å². The number of ether oxygens (including phenoxy) is 1. The van der Waals surface area contributed by atoms with E-state index in [1.165, 1.54) is 0 Å². The third-order valence-electron chi connectivity index (χ3n) is 4.20. The number of thiophene rings is 1. The number of benzene rings is 1. The van der Waals surface area contributed by atoms with Crippen LogP contribution in [0, 0.1) is 0 Å². The lowest BCUT2D eigenvalue weighted by atomic mass is 10.1. The first-order valence-corrected chi connectivity index (χ1v) is 9.17. The van der Waals surface area contributed by atoms with Gasteiger partial charge in [0.1, 0.15) is 11.4 Å². The Morgan fingerprint density at radius 3 is 2.62 bits per heavy atom. The van der Waals surface area contributed by atoms with E-state index in [4.69, 9.17) is 4.74 Å². The monoisotopic (exact) mass is 371 g/mol. The molecule has 136 valence electrons. The summed E-state index contributed by atoms with van der Waals surface area (Å²) >= 11 is 1.59. The molecular weight excluding hydrogens is 350 g/mol. The lowest BCUT2D eigenvalue weighted by Gasteiger charge is -2.08. The van der Waals surface area contributed by atoms with Gasteiger partial charge in [-0.05, 0) is 41.6 Å². The van der Waals surface area contributed by atoms with Crippen molar-refractivity contribution in [3.63, 3.8) is 0 Å². The highest BCUT2D eigenvalue weighted by atomic mass is 32.1. The Kier molecular flexibility index (Phi) is 5.58. The number of nitrogens with zero attached hydrogens (tertiary/aromatic N) is 1. The smallest absolute Gasteiger partial charge is 0.268 e. The van der Waals surface area contributed by atoms with Crippen LogP contribution in [0.5, 0.6) is 5.75 Å². The van der Waals surface area contributed by atoms with Crippen LogP contribution < -0.4 is 15.4 Å². The van der Waals surface area contributed by atoms with Crippen molar-refractivity contribution < 1.29 is 14.3 Å². The highest BCUT2D eigenvalue weighted by Gasteiger charge is 2.14. The molecular formula is C19H21N3O3S. The fraction of sp³-hybridized carbons (Fsp3) is 0.263. The second-order valence-corrected chi connectivity index (χ2v) is 6.84. The quantitative estimate of drug-likeness (QED) is 0.670. The van der Waals surface area contributed by atoms with Crippen molar-refractivity contribution in [2.24, 2.45) is 7.05 Å². The predicted octanol–water partition coefficient (Wildman–Crippen LogP) is 2.34. The summed E-state index contributed by atoms with van der Waals surface area (Å²) in [4.78, 5) is 24.2. The van der Waals surface area contributed by atoms with E-state index in [1.807, 2.05) is 53.4 Å².